The zero-order valence-electron chi connectivity index (χ0n) is 10.4. The minimum absolute atomic E-state index is 0.0489. The van der Waals surface area contributed by atoms with Gasteiger partial charge in [0.1, 0.15) is 0 Å². The van der Waals surface area contributed by atoms with Gasteiger partial charge in [0.05, 0.1) is 0 Å². The molecule has 2 N–H and O–H groups in total. The van der Waals surface area contributed by atoms with Gasteiger partial charge in [-0.15, -0.1) is 0 Å². The highest BCUT2D eigenvalue weighted by molar-refractivity contribution is 5.10. The summed E-state index contributed by atoms with van der Waals surface area (Å²) in [6.45, 7) is 3.40. The SMILES string of the molecule is Cc1cc(=O)cc(CNCCc2ccccn2)[nH]1. The maximum atomic E-state index is 11.3. The lowest BCUT2D eigenvalue weighted by atomic mass is 10.2. The Bertz CT molecular complexity index is 548. The number of hydrogen-bond donors (Lipinski definition) is 2. The highest BCUT2D eigenvalue weighted by Crippen LogP contribution is 1.95. The van der Waals surface area contributed by atoms with Crippen molar-refractivity contribution in [3.05, 3.63) is 63.8 Å². The summed E-state index contributed by atoms with van der Waals surface area (Å²) in [5.74, 6) is 0. The normalized spacial score (nSPS) is 10.5. The first-order valence-electron chi connectivity index (χ1n) is 6.04. The molecule has 0 saturated carbocycles. The van der Waals surface area contributed by atoms with Crippen LogP contribution in [0.1, 0.15) is 17.1 Å². The zero-order valence-corrected chi connectivity index (χ0v) is 10.4. The molecule has 94 valence electrons. The molecule has 0 bridgehead atoms. The molecule has 0 amide bonds. The number of rotatable bonds is 5. The van der Waals surface area contributed by atoms with Gasteiger partial charge < -0.3 is 10.3 Å². The highest BCUT2D eigenvalue weighted by Gasteiger charge is 1.97. The minimum atomic E-state index is 0.0489. The number of aryl methyl sites for hydroxylation is 1. The lowest BCUT2D eigenvalue weighted by Crippen LogP contribution is -2.19. The van der Waals surface area contributed by atoms with Gasteiger partial charge in [0.15, 0.2) is 5.43 Å². The van der Waals surface area contributed by atoms with E-state index >= 15 is 0 Å². The first-order valence-corrected chi connectivity index (χ1v) is 6.04. The molecule has 0 aliphatic heterocycles. The predicted molar refractivity (Wildman–Crippen MR) is 71.4 cm³/mol. The average molecular weight is 243 g/mol. The second-order valence-electron chi connectivity index (χ2n) is 4.27. The summed E-state index contributed by atoms with van der Waals surface area (Å²) >= 11 is 0. The van der Waals surface area contributed by atoms with E-state index in [9.17, 15) is 4.79 Å². The molecule has 0 fully saturated rings. The van der Waals surface area contributed by atoms with Crippen LogP contribution in [-0.2, 0) is 13.0 Å². The van der Waals surface area contributed by atoms with Crippen molar-refractivity contribution in [3.8, 4) is 0 Å². The number of nitrogens with zero attached hydrogens (tertiary/aromatic N) is 1. The smallest absolute Gasteiger partial charge is 0.182 e. The standard InChI is InChI=1S/C14H17N3O/c1-11-8-14(18)9-13(17-11)10-15-7-5-12-4-2-3-6-16-12/h2-4,6,8-9,15H,5,7,10H2,1H3,(H,17,18). The molecule has 2 heterocycles. The van der Waals surface area contributed by atoms with Gasteiger partial charge in [0.2, 0.25) is 0 Å². The van der Waals surface area contributed by atoms with Crippen LogP contribution >= 0.6 is 0 Å². The molecule has 2 aromatic heterocycles. The van der Waals surface area contributed by atoms with Crippen molar-refractivity contribution < 1.29 is 0 Å². The Labute approximate surface area is 106 Å². The first kappa shape index (κ1) is 12.5. The first-order chi connectivity index (χ1) is 8.74. The average Bonchev–Trinajstić information content (AvgIpc) is 2.35. The van der Waals surface area contributed by atoms with E-state index in [-0.39, 0.29) is 5.43 Å². The molecule has 4 nitrogen and oxygen atoms in total. The largest absolute Gasteiger partial charge is 0.361 e. The van der Waals surface area contributed by atoms with Crippen LogP contribution in [0.5, 0.6) is 0 Å². The topological polar surface area (TPSA) is 57.8 Å². The van der Waals surface area contributed by atoms with E-state index < -0.39 is 0 Å². The molecule has 0 atom stereocenters. The van der Waals surface area contributed by atoms with E-state index in [1.165, 1.54) is 0 Å². The van der Waals surface area contributed by atoms with Crippen molar-refractivity contribution in [2.75, 3.05) is 6.54 Å². The van der Waals surface area contributed by atoms with Crippen molar-refractivity contribution in [1.29, 1.82) is 0 Å². The third kappa shape index (κ3) is 3.82. The third-order valence-electron chi connectivity index (χ3n) is 2.63. The maximum absolute atomic E-state index is 11.3. The van der Waals surface area contributed by atoms with E-state index in [2.05, 4.69) is 15.3 Å². The Hall–Kier alpha value is -1.94. The van der Waals surface area contributed by atoms with Crippen LogP contribution in [0.2, 0.25) is 0 Å². The van der Waals surface area contributed by atoms with E-state index in [1.54, 1.807) is 18.3 Å². The van der Waals surface area contributed by atoms with Crippen LogP contribution in [0.15, 0.2) is 41.3 Å². The Morgan fingerprint density at radius 3 is 2.94 bits per heavy atom. The van der Waals surface area contributed by atoms with Crippen LogP contribution in [0.25, 0.3) is 0 Å². The summed E-state index contributed by atoms with van der Waals surface area (Å²) in [6.07, 6.45) is 2.68. The van der Waals surface area contributed by atoms with Crippen molar-refractivity contribution >= 4 is 0 Å². The number of nitrogens with one attached hydrogen (secondary N) is 2. The second kappa shape index (κ2) is 6.12. The molecule has 0 aliphatic carbocycles. The van der Waals surface area contributed by atoms with Gasteiger partial charge in [-0.2, -0.15) is 0 Å². The molecule has 0 spiro atoms. The Morgan fingerprint density at radius 1 is 1.33 bits per heavy atom. The number of H-pyrrole nitrogens is 1. The predicted octanol–water partition coefficient (Wildman–Crippen LogP) is 1.41. The fourth-order valence-corrected chi connectivity index (χ4v) is 1.83. The van der Waals surface area contributed by atoms with Crippen LogP contribution in [0, 0.1) is 6.92 Å². The Balaban J connectivity index is 1.80. The van der Waals surface area contributed by atoms with Gasteiger partial charge in [0.25, 0.3) is 0 Å². The molecule has 2 aromatic rings. The zero-order chi connectivity index (χ0) is 12.8. The molecule has 0 saturated heterocycles. The molecular formula is C14H17N3O. The Morgan fingerprint density at radius 2 is 2.22 bits per heavy atom. The van der Waals surface area contributed by atoms with E-state index in [0.29, 0.717) is 6.54 Å². The van der Waals surface area contributed by atoms with Gasteiger partial charge in [-0.1, -0.05) is 6.07 Å². The van der Waals surface area contributed by atoms with Gasteiger partial charge in [-0.05, 0) is 19.1 Å². The number of aromatic amines is 1. The molecule has 0 aromatic carbocycles. The molecule has 4 heteroatoms. The van der Waals surface area contributed by atoms with E-state index in [1.807, 2.05) is 25.1 Å². The van der Waals surface area contributed by atoms with Crippen molar-refractivity contribution in [2.45, 2.75) is 19.9 Å². The summed E-state index contributed by atoms with van der Waals surface area (Å²) in [4.78, 5) is 18.7. The molecule has 0 aliphatic rings. The molecule has 0 unspecified atom stereocenters. The summed E-state index contributed by atoms with van der Waals surface area (Å²) in [5.41, 5.74) is 2.93. The van der Waals surface area contributed by atoms with Crippen molar-refractivity contribution in [2.24, 2.45) is 0 Å². The quantitative estimate of drug-likeness (QED) is 0.781. The number of aromatic nitrogens is 2. The Kier molecular flexibility index (Phi) is 4.25. The van der Waals surface area contributed by atoms with Crippen LogP contribution < -0.4 is 10.7 Å². The highest BCUT2D eigenvalue weighted by atomic mass is 16.1. The van der Waals surface area contributed by atoms with Crippen molar-refractivity contribution in [3.63, 3.8) is 0 Å². The number of hydrogen-bond acceptors (Lipinski definition) is 3. The van der Waals surface area contributed by atoms with Gasteiger partial charge in [-0.25, -0.2) is 0 Å². The van der Waals surface area contributed by atoms with Gasteiger partial charge in [-0.3, -0.25) is 9.78 Å². The maximum Gasteiger partial charge on any atom is 0.182 e. The minimum Gasteiger partial charge on any atom is -0.361 e. The fourth-order valence-electron chi connectivity index (χ4n) is 1.83. The second-order valence-corrected chi connectivity index (χ2v) is 4.27. The molecular weight excluding hydrogens is 226 g/mol. The summed E-state index contributed by atoms with van der Waals surface area (Å²) in [7, 11) is 0. The lowest BCUT2D eigenvalue weighted by molar-refractivity contribution is 0.666. The lowest BCUT2D eigenvalue weighted by Gasteiger charge is -2.05. The van der Waals surface area contributed by atoms with Gasteiger partial charge in [0, 0.05) is 54.9 Å². The van der Waals surface area contributed by atoms with E-state index in [0.717, 1.165) is 30.0 Å². The van der Waals surface area contributed by atoms with Crippen LogP contribution in [0.4, 0.5) is 0 Å². The molecule has 2 rings (SSSR count). The summed E-state index contributed by atoms with van der Waals surface area (Å²) in [5, 5.41) is 3.29. The van der Waals surface area contributed by atoms with E-state index in [4.69, 9.17) is 0 Å². The third-order valence-corrected chi connectivity index (χ3v) is 2.63. The monoisotopic (exact) mass is 243 g/mol. The van der Waals surface area contributed by atoms with Crippen LogP contribution in [-0.4, -0.2) is 16.5 Å². The van der Waals surface area contributed by atoms with Gasteiger partial charge >= 0.3 is 0 Å². The molecule has 18 heavy (non-hydrogen) atoms. The summed E-state index contributed by atoms with van der Waals surface area (Å²) < 4.78 is 0. The molecule has 0 radical (unpaired) electrons. The number of pyridine rings is 2. The van der Waals surface area contributed by atoms with Crippen molar-refractivity contribution in [1.82, 2.24) is 15.3 Å². The fraction of sp³-hybridized carbons (Fsp3) is 0.286. The van der Waals surface area contributed by atoms with Crippen LogP contribution in [0.3, 0.4) is 0 Å². The summed E-state index contributed by atoms with van der Waals surface area (Å²) in [6, 6.07) is 9.13.